The van der Waals surface area contributed by atoms with Crippen molar-refractivity contribution in [2.45, 2.75) is 26.6 Å². The molecule has 2 rings (SSSR count). The highest BCUT2D eigenvalue weighted by Crippen LogP contribution is 2.25. The molecule has 1 aromatic heterocycles. The normalized spacial score (nSPS) is 11.6. The first-order chi connectivity index (χ1) is 10.6. The van der Waals surface area contributed by atoms with Gasteiger partial charge in [-0.3, -0.25) is 0 Å². The zero-order chi connectivity index (χ0) is 15.9. The van der Waals surface area contributed by atoms with Crippen LogP contribution in [-0.2, 0) is 16.1 Å². The van der Waals surface area contributed by atoms with Gasteiger partial charge in [0.15, 0.2) is 11.9 Å². The predicted octanol–water partition coefficient (Wildman–Crippen LogP) is 2.30. The molecule has 116 valence electrons. The summed E-state index contributed by atoms with van der Waals surface area (Å²) in [5.41, 5.74) is 1.01. The molecular weight excluding hydrogens is 284 g/mol. The molecule has 0 saturated heterocycles. The average molecular weight is 302 g/mol. The highest BCUT2D eigenvalue weighted by Gasteiger charge is 2.19. The predicted molar refractivity (Wildman–Crippen MR) is 79.6 cm³/mol. The van der Waals surface area contributed by atoms with Crippen LogP contribution in [0.1, 0.15) is 18.3 Å². The van der Waals surface area contributed by atoms with Gasteiger partial charge in [-0.25, -0.2) is 9.78 Å². The van der Waals surface area contributed by atoms with Gasteiger partial charge in [-0.15, -0.1) is 0 Å². The van der Waals surface area contributed by atoms with Crippen LogP contribution in [0.15, 0.2) is 36.5 Å². The number of hydrogen-bond donors (Lipinski definition) is 0. The number of rotatable bonds is 6. The molecule has 0 aliphatic rings. The number of aromatic nitrogens is 2. The van der Waals surface area contributed by atoms with Gasteiger partial charge in [-0.1, -0.05) is 30.3 Å². The van der Waals surface area contributed by atoms with E-state index in [4.69, 9.17) is 9.47 Å². The minimum Gasteiger partial charge on any atom is -0.482 e. The van der Waals surface area contributed by atoms with Crippen LogP contribution < -0.4 is 9.47 Å². The van der Waals surface area contributed by atoms with E-state index in [1.165, 1.54) is 13.3 Å². The number of hydrogen-bond acceptors (Lipinski definition) is 6. The molecule has 0 bridgehead atoms. The van der Waals surface area contributed by atoms with Gasteiger partial charge in [-0.05, 0) is 19.4 Å². The highest BCUT2D eigenvalue weighted by atomic mass is 16.6. The maximum absolute atomic E-state index is 11.5. The summed E-state index contributed by atoms with van der Waals surface area (Å²) in [5, 5.41) is 0. The Balaban J connectivity index is 2.11. The summed E-state index contributed by atoms with van der Waals surface area (Å²) >= 11 is 0. The van der Waals surface area contributed by atoms with Gasteiger partial charge in [-0.2, -0.15) is 4.98 Å². The van der Waals surface area contributed by atoms with E-state index >= 15 is 0 Å². The standard InChI is InChI=1S/C16H18N2O4/c1-11(16(19)20-3)22-15-14(9-17-12(2)18-15)21-10-13-7-5-4-6-8-13/h4-9,11H,10H2,1-3H3. The van der Waals surface area contributed by atoms with E-state index in [2.05, 4.69) is 14.7 Å². The van der Waals surface area contributed by atoms with E-state index in [1.54, 1.807) is 13.8 Å². The first-order valence-corrected chi connectivity index (χ1v) is 6.85. The molecule has 0 aliphatic heterocycles. The van der Waals surface area contributed by atoms with Gasteiger partial charge >= 0.3 is 5.97 Å². The number of methoxy groups -OCH3 is 1. The summed E-state index contributed by atoms with van der Waals surface area (Å²) in [7, 11) is 1.31. The van der Waals surface area contributed by atoms with Gasteiger partial charge in [0.1, 0.15) is 12.4 Å². The molecule has 0 radical (unpaired) electrons. The zero-order valence-corrected chi connectivity index (χ0v) is 12.8. The van der Waals surface area contributed by atoms with Crippen LogP contribution >= 0.6 is 0 Å². The molecular formula is C16H18N2O4. The van der Waals surface area contributed by atoms with Crippen molar-refractivity contribution in [3.63, 3.8) is 0 Å². The van der Waals surface area contributed by atoms with Crippen molar-refractivity contribution in [3.8, 4) is 11.6 Å². The Morgan fingerprint density at radius 1 is 1.27 bits per heavy atom. The number of benzene rings is 1. The molecule has 0 saturated carbocycles. The molecule has 0 spiro atoms. The Labute approximate surface area is 129 Å². The highest BCUT2D eigenvalue weighted by molar-refractivity contribution is 5.74. The molecule has 1 heterocycles. The van der Waals surface area contributed by atoms with E-state index in [0.29, 0.717) is 18.2 Å². The number of carbonyl (C=O) groups excluding carboxylic acids is 1. The lowest BCUT2D eigenvalue weighted by molar-refractivity contribution is -0.148. The fraction of sp³-hybridized carbons (Fsp3) is 0.312. The van der Waals surface area contributed by atoms with Crippen molar-refractivity contribution >= 4 is 5.97 Å². The summed E-state index contributed by atoms with van der Waals surface area (Å²) < 4.78 is 15.8. The molecule has 6 heteroatoms. The first-order valence-electron chi connectivity index (χ1n) is 6.85. The van der Waals surface area contributed by atoms with Crippen LogP contribution in [0.5, 0.6) is 11.6 Å². The lowest BCUT2D eigenvalue weighted by atomic mass is 10.2. The van der Waals surface area contributed by atoms with E-state index in [0.717, 1.165) is 5.56 Å². The minimum absolute atomic E-state index is 0.223. The number of carbonyl (C=O) groups is 1. The van der Waals surface area contributed by atoms with Crippen LogP contribution in [-0.4, -0.2) is 29.2 Å². The lowest BCUT2D eigenvalue weighted by Gasteiger charge is -2.15. The van der Waals surface area contributed by atoms with Gasteiger partial charge in [0.05, 0.1) is 13.3 Å². The molecule has 6 nitrogen and oxygen atoms in total. The molecule has 0 aliphatic carbocycles. The van der Waals surface area contributed by atoms with E-state index in [-0.39, 0.29) is 5.88 Å². The largest absolute Gasteiger partial charge is 0.482 e. The van der Waals surface area contributed by atoms with Gasteiger partial charge in [0.2, 0.25) is 0 Å². The zero-order valence-electron chi connectivity index (χ0n) is 12.8. The first kappa shape index (κ1) is 15.8. The van der Waals surface area contributed by atoms with E-state index in [1.807, 2.05) is 30.3 Å². The number of aryl methyl sites for hydroxylation is 1. The molecule has 0 amide bonds. The van der Waals surface area contributed by atoms with Crippen molar-refractivity contribution in [2.75, 3.05) is 7.11 Å². The quantitative estimate of drug-likeness (QED) is 0.763. The fourth-order valence-corrected chi connectivity index (χ4v) is 1.74. The minimum atomic E-state index is -0.779. The molecule has 0 fully saturated rings. The Morgan fingerprint density at radius 3 is 2.68 bits per heavy atom. The van der Waals surface area contributed by atoms with E-state index in [9.17, 15) is 4.79 Å². The molecule has 2 aromatic rings. The topological polar surface area (TPSA) is 70.5 Å². The summed E-state index contributed by atoms with van der Waals surface area (Å²) in [6, 6.07) is 9.70. The van der Waals surface area contributed by atoms with Crippen LogP contribution in [0, 0.1) is 6.92 Å². The molecule has 1 unspecified atom stereocenters. The molecule has 22 heavy (non-hydrogen) atoms. The van der Waals surface area contributed by atoms with Crippen molar-refractivity contribution in [3.05, 3.63) is 47.9 Å². The third kappa shape index (κ3) is 4.18. The van der Waals surface area contributed by atoms with Crippen molar-refractivity contribution in [1.29, 1.82) is 0 Å². The lowest BCUT2D eigenvalue weighted by Crippen LogP contribution is -2.25. The Hall–Kier alpha value is -2.63. The van der Waals surface area contributed by atoms with Gasteiger partial charge in [0.25, 0.3) is 5.88 Å². The SMILES string of the molecule is COC(=O)C(C)Oc1nc(C)ncc1OCc1ccccc1. The van der Waals surface area contributed by atoms with Crippen LogP contribution in [0.3, 0.4) is 0 Å². The molecule has 1 atom stereocenters. The van der Waals surface area contributed by atoms with E-state index < -0.39 is 12.1 Å². The average Bonchev–Trinajstić information content (AvgIpc) is 2.54. The maximum Gasteiger partial charge on any atom is 0.346 e. The molecule has 1 aromatic carbocycles. The van der Waals surface area contributed by atoms with Crippen molar-refractivity contribution in [2.24, 2.45) is 0 Å². The molecule has 0 N–H and O–H groups in total. The Kier molecular flexibility index (Phi) is 5.30. The summed E-state index contributed by atoms with van der Waals surface area (Å²) in [4.78, 5) is 19.7. The Bertz CT molecular complexity index is 631. The maximum atomic E-state index is 11.5. The smallest absolute Gasteiger partial charge is 0.346 e. The number of ether oxygens (including phenoxy) is 3. The summed E-state index contributed by atoms with van der Waals surface area (Å²) in [6.07, 6.45) is 0.753. The third-order valence-electron chi connectivity index (χ3n) is 2.90. The Morgan fingerprint density at radius 2 is 2.00 bits per heavy atom. The second-order valence-electron chi connectivity index (χ2n) is 4.64. The fourth-order valence-electron chi connectivity index (χ4n) is 1.74. The second-order valence-corrected chi connectivity index (χ2v) is 4.64. The summed E-state index contributed by atoms with van der Waals surface area (Å²) in [5.74, 6) is 0.649. The summed E-state index contributed by atoms with van der Waals surface area (Å²) in [6.45, 7) is 3.68. The van der Waals surface area contributed by atoms with Crippen LogP contribution in [0.4, 0.5) is 0 Å². The van der Waals surface area contributed by atoms with Gasteiger partial charge in [0, 0.05) is 0 Å². The van der Waals surface area contributed by atoms with Crippen molar-refractivity contribution < 1.29 is 19.0 Å². The van der Waals surface area contributed by atoms with Crippen LogP contribution in [0.25, 0.3) is 0 Å². The third-order valence-corrected chi connectivity index (χ3v) is 2.90. The van der Waals surface area contributed by atoms with Crippen LogP contribution in [0.2, 0.25) is 0 Å². The second kappa shape index (κ2) is 7.40. The van der Waals surface area contributed by atoms with Gasteiger partial charge < -0.3 is 14.2 Å². The number of nitrogens with zero attached hydrogens (tertiary/aromatic N) is 2. The van der Waals surface area contributed by atoms with Crippen molar-refractivity contribution in [1.82, 2.24) is 9.97 Å². The number of esters is 1. The monoisotopic (exact) mass is 302 g/mol.